The van der Waals surface area contributed by atoms with Crippen LogP contribution in [0.5, 0.6) is 0 Å². The Bertz CT molecular complexity index is 1160. The molecule has 0 radical (unpaired) electrons. The van der Waals surface area contributed by atoms with E-state index >= 15 is 0 Å². The largest absolute Gasteiger partial charge is 0.288 e. The van der Waals surface area contributed by atoms with E-state index in [1.807, 2.05) is 19.1 Å². The molecule has 162 valence electrons. The van der Waals surface area contributed by atoms with Gasteiger partial charge in [0.2, 0.25) is 11.8 Å². The van der Waals surface area contributed by atoms with Gasteiger partial charge < -0.3 is 0 Å². The fourth-order valence-corrected chi connectivity index (χ4v) is 6.42. The maximum Gasteiger partial charge on any atom is 0.260 e. The molecule has 6 unspecified atom stereocenters. The minimum atomic E-state index is -0.289. The lowest BCUT2D eigenvalue weighted by Crippen LogP contribution is -2.45. The van der Waals surface area contributed by atoms with E-state index in [1.54, 1.807) is 36.4 Å². The number of allylic oxidation sites excluding steroid dienone is 2. The van der Waals surface area contributed by atoms with Gasteiger partial charge in [-0.2, -0.15) is 0 Å². The van der Waals surface area contributed by atoms with Crippen molar-refractivity contribution in [2.45, 2.75) is 13.3 Å². The molecule has 3 fully saturated rings. The fraction of sp³-hybridized carbons (Fsp3) is 0.346. The fourth-order valence-electron chi connectivity index (χ4n) is 6.18. The van der Waals surface area contributed by atoms with Crippen LogP contribution in [0.3, 0.4) is 0 Å². The van der Waals surface area contributed by atoms with E-state index < -0.39 is 0 Å². The number of rotatable bonds is 4. The summed E-state index contributed by atoms with van der Waals surface area (Å²) in [5.41, 5.74) is 1.83. The predicted molar refractivity (Wildman–Crippen MR) is 121 cm³/mol. The Morgan fingerprint density at radius 3 is 2.19 bits per heavy atom. The van der Waals surface area contributed by atoms with Crippen molar-refractivity contribution in [3.8, 4) is 0 Å². The zero-order chi connectivity index (χ0) is 22.1. The van der Waals surface area contributed by atoms with Gasteiger partial charge in [0.1, 0.15) is 6.67 Å². The molecule has 0 spiro atoms. The van der Waals surface area contributed by atoms with Crippen LogP contribution in [-0.2, 0) is 9.59 Å². The average molecular weight is 447 g/mol. The smallest absolute Gasteiger partial charge is 0.260 e. The lowest BCUT2D eigenvalue weighted by atomic mass is 9.63. The summed E-state index contributed by atoms with van der Waals surface area (Å²) in [4.78, 5) is 43.4. The van der Waals surface area contributed by atoms with Gasteiger partial charge in [0.25, 0.3) is 5.91 Å². The van der Waals surface area contributed by atoms with Crippen LogP contribution in [0.1, 0.15) is 22.3 Å². The molecule has 2 bridgehead atoms. The van der Waals surface area contributed by atoms with Crippen molar-refractivity contribution in [3.05, 3.63) is 76.8 Å². The molecule has 4 aliphatic carbocycles. The van der Waals surface area contributed by atoms with Gasteiger partial charge in [0.15, 0.2) is 0 Å². The molecular formula is C26H23ClN2O3. The molecule has 7 rings (SSSR count). The molecule has 6 heteroatoms. The Morgan fingerprint density at radius 2 is 1.56 bits per heavy atom. The van der Waals surface area contributed by atoms with Gasteiger partial charge >= 0.3 is 0 Å². The van der Waals surface area contributed by atoms with E-state index in [0.29, 0.717) is 28.1 Å². The van der Waals surface area contributed by atoms with Crippen molar-refractivity contribution in [2.75, 3.05) is 11.6 Å². The van der Waals surface area contributed by atoms with E-state index in [4.69, 9.17) is 11.6 Å². The van der Waals surface area contributed by atoms with Crippen molar-refractivity contribution in [1.82, 2.24) is 4.90 Å². The van der Waals surface area contributed by atoms with E-state index in [-0.39, 0.29) is 48.1 Å². The summed E-state index contributed by atoms with van der Waals surface area (Å²) >= 11 is 6.46. The van der Waals surface area contributed by atoms with Crippen LogP contribution < -0.4 is 4.90 Å². The Hall–Kier alpha value is -2.92. The first kappa shape index (κ1) is 19.7. The van der Waals surface area contributed by atoms with Crippen molar-refractivity contribution >= 4 is 35.0 Å². The quantitative estimate of drug-likeness (QED) is 0.519. The molecule has 5 nitrogen and oxygen atoms in total. The first-order chi connectivity index (χ1) is 15.5. The van der Waals surface area contributed by atoms with Crippen molar-refractivity contribution in [1.29, 1.82) is 0 Å². The lowest BCUT2D eigenvalue weighted by Gasteiger charge is -2.37. The number of carbonyl (C=O) groups is 3. The van der Waals surface area contributed by atoms with Crippen LogP contribution in [0.2, 0.25) is 5.02 Å². The van der Waals surface area contributed by atoms with E-state index in [1.165, 1.54) is 9.80 Å². The number of aryl methyl sites for hydroxylation is 1. The maximum absolute atomic E-state index is 13.6. The molecule has 2 aromatic rings. The van der Waals surface area contributed by atoms with E-state index in [2.05, 4.69) is 12.2 Å². The zero-order valence-electron chi connectivity index (χ0n) is 17.6. The highest BCUT2D eigenvalue weighted by Crippen LogP contribution is 2.65. The monoisotopic (exact) mass is 446 g/mol. The first-order valence-corrected chi connectivity index (χ1v) is 11.5. The normalized spacial score (nSPS) is 31.5. The number of halogens is 1. The lowest BCUT2D eigenvalue weighted by molar-refractivity contribution is -0.140. The van der Waals surface area contributed by atoms with E-state index in [0.717, 1.165) is 12.0 Å². The molecule has 2 saturated carbocycles. The highest BCUT2D eigenvalue weighted by atomic mass is 35.5. The molecule has 3 amide bonds. The minimum absolute atomic E-state index is 0.129. The molecule has 0 aromatic heterocycles. The third-order valence-corrected chi connectivity index (χ3v) is 8.12. The average Bonchev–Trinajstić information content (AvgIpc) is 3.58. The van der Waals surface area contributed by atoms with Gasteiger partial charge in [-0.15, -0.1) is 0 Å². The highest BCUT2D eigenvalue weighted by molar-refractivity contribution is 6.34. The molecule has 5 aliphatic rings. The summed E-state index contributed by atoms with van der Waals surface area (Å²) in [5.74, 6) is 0.210. The van der Waals surface area contributed by atoms with Crippen LogP contribution in [0.4, 0.5) is 5.69 Å². The molecule has 0 N–H and O–H groups in total. The second-order valence-electron chi connectivity index (χ2n) is 9.40. The summed E-state index contributed by atoms with van der Waals surface area (Å²) in [6.07, 6.45) is 5.42. The molecule has 1 heterocycles. The second kappa shape index (κ2) is 7.04. The topological polar surface area (TPSA) is 57.7 Å². The molecule has 32 heavy (non-hydrogen) atoms. The molecule has 2 aromatic carbocycles. The van der Waals surface area contributed by atoms with Crippen molar-refractivity contribution in [3.63, 3.8) is 0 Å². The standard InChI is InChI=1S/C26H23ClN2O3/c1-14-6-2-3-7-15(14)24(30)28(21-9-5-4-8-20(21)27)13-29-25(31)22-16-10-11-17(19-12-18(16)19)23(22)26(29)32/h2-11,16-19,22-23H,12-13H2,1H3. The number of benzene rings is 2. The summed E-state index contributed by atoms with van der Waals surface area (Å²) in [6.45, 7) is 1.74. The molecule has 1 saturated heterocycles. The third-order valence-electron chi connectivity index (χ3n) is 7.80. The maximum atomic E-state index is 13.6. The number of imide groups is 1. The van der Waals surface area contributed by atoms with Crippen molar-refractivity contribution < 1.29 is 14.4 Å². The van der Waals surface area contributed by atoms with Crippen LogP contribution in [0.25, 0.3) is 0 Å². The number of hydrogen-bond donors (Lipinski definition) is 0. The van der Waals surface area contributed by atoms with Crippen LogP contribution in [0.15, 0.2) is 60.7 Å². The van der Waals surface area contributed by atoms with Crippen molar-refractivity contribution in [2.24, 2.45) is 35.5 Å². The van der Waals surface area contributed by atoms with Gasteiger partial charge in [0.05, 0.1) is 22.5 Å². The second-order valence-corrected chi connectivity index (χ2v) is 9.81. The summed E-state index contributed by atoms with van der Waals surface area (Å²) in [6, 6.07) is 14.3. The Labute approximate surface area is 191 Å². The number of para-hydroxylation sites is 1. The zero-order valence-corrected chi connectivity index (χ0v) is 18.4. The number of anilines is 1. The number of carbonyl (C=O) groups excluding carboxylic acids is 3. The minimum Gasteiger partial charge on any atom is -0.288 e. The number of nitrogens with zero attached hydrogens (tertiary/aromatic N) is 2. The number of hydrogen-bond acceptors (Lipinski definition) is 3. The van der Waals surface area contributed by atoms with Crippen LogP contribution in [-0.4, -0.2) is 29.3 Å². The van der Waals surface area contributed by atoms with Gasteiger partial charge in [-0.05, 0) is 60.8 Å². The first-order valence-electron chi connectivity index (χ1n) is 11.1. The molecule has 6 atom stereocenters. The third kappa shape index (κ3) is 2.73. The van der Waals surface area contributed by atoms with Gasteiger partial charge in [-0.25, -0.2) is 0 Å². The predicted octanol–water partition coefficient (Wildman–Crippen LogP) is 4.31. The summed E-state index contributed by atoms with van der Waals surface area (Å²) in [7, 11) is 0. The van der Waals surface area contributed by atoms with Gasteiger partial charge in [-0.1, -0.05) is 54.1 Å². The summed E-state index contributed by atoms with van der Waals surface area (Å²) < 4.78 is 0. The van der Waals surface area contributed by atoms with Gasteiger partial charge in [0, 0.05) is 5.56 Å². The highest BCUT2D eigenvalue weighted by Gasteiger charge is 2.67. The Balaban J connectivity index is 1.37. The Morgan fingerprint density at radius 1 is 0.969 bits per heavy atom. The van der Waals surface area contributed by atoms with Gasteiger partial charge in [-0.3, -0.25) is 24.2 Å². The number of amides is 3. The number of likely N-dealkylation sites (tertiary alicyclic amines) is 1. The summed E-state index contributed by atoms with van der Waals surface area (Å²) in [5, 5.41) is 0.397. The van der Waals surface area contributed by atoms with Crippen LogP contribution >= 0.6 is 11.6 Å². The molecular weight excluding hydrogens is 424 g/mol. The van der Waals surface area contributed by atoms with E-state index in [9.17, 15) is 14.4 Å². The molecule has 1 aliphatic heterocycles. The SMILES string of the molecule is Cc1ccccc1C(=O)N(CN1C(=O)C2C3C=CC(C4CC34)C2C1=O)c1ccccc1Cl. The van der Waals surface area contributed by atoms with Crippen LogP contribution in [0, 0.1) is 42.4 Å². The Kier molecular flexibility index (Phi) is 4.34.